The average molecular weight is 478 g/mol. The molecule has 0 aliphatic rings. The second-order valence-electron chi connectivity index (χ2n) is 8.69. The van der Waals surface area contributed by atoms with Crippen molar-refractivity contribution in [2.75, 3.05) is 12.3 Å². The van der Waals surface area contributed by atoms with Crippen LogP contribution in [0.1, 0.15) is 65.2 Å². The van der Waals surface area contributed by atoms with Crippen molar-refractivity contribution in [2.24, 2.45) is 0 Å². The molecular weight excluding hydrogens is 438 g/mol. The van der Waals surface area contributed by atoms with Crippen molar-refractivity contribution in [3.63, 3.8) is 0 Å². The number of hydrogen-bond donors (Lipinski definition) is 1. The zero-order valence-corrected chi connectivity index (χ0v) is 21.6. The molecule has 0 unspecified atom stereocenters. The molecule has 0 aliphatic carbocycles. The van der Waals surface area contributed by atoms with Gasteiger partial charge in [-0.15, -0.1) is 0 Å². The Hall–Kier alpha value is -2.53. The third kappa shape index (κ3) is 7.76. The SMILES string of the molecule is CCCCCCCC(=O)NCCCSc1nc(-c2ccccc2)c(-c2ccccc2)n1CCC. The number of rotatable bonds is 15. The summed E-state index contributed by atoms with van der Waals surface area (Å²) in [6, 6.07) is 21.0. The first-order valence-electron chi connectivity index (χ1n) is 12.9. The first-order chi connectivity index (χ1) is 16.7. The van der Waals surface area contributed by atoms with E-state index in [0.717, 1.165) is 60.9 Å². The van der Waals surface area contributed by atoms with Crippen LogP contribution in [0.2, 0.25) is 0 Å². The summed E-state index contributed by atoms with van der Waals surface area (Å²) in [7, 11) is 0. The summed E-state index contributed by atoms with van der Waals surface area (Å²) in [4.78, 5) is 17.2. The van der Waals surface area contributed by atoms with Crippen LogP contribution in [0.4, 0.5) is 0 Å². The third-order valence-electron chi connectivity index (χ3n) is 5.86. The molecule has 0 atom stereocenters. The van der Waals surface area contributed by atoms with Gasteiger partial charge in [0.05, 0.1) is 11.4 Å². The minimum atomic E-state index is 0.187. The summed E-state index contributed by atoms with van der Waals surface area (Å²) in [6.07, 6.45) is 8.53. The number of nitrogens with one attached hydrogen (secondary N) is 1. The highest BCUT2D eigenvalue weighted by Crippen LogP contribution is 2.36. The van der Waals surface area contributed by atoms with Crippen LogP contribution in [0.25, 0.3) is 22.5 Å². The Morgan fingerprint density at radius 1 is 0.853 bits per heavy atom. The third-order valence-corrected chi connectivity index (χ3v) is 6.92. The van der Waals surface area contributed by atoms with Gasteiger partial charge in [-0.25, -0.2) is 4.98 Å². The number of carbonyl (C=O) groups excluding carboxylic acids is 1. The molecule has 1 N–H and O–H groups in total. The van der Waals surface area contributed by atoms with Crippen molar-refractivity contribution < 1.29 is 4.79 Å². The lowest BCUT2D eigenvalue weighted by atomic mass is 10.0. The Morgan fingerprint density at radius 2 is 1.53 bits per heavy atom. The molecule has 0 spiro atoms. The zero-order valence-electron chi connectivity index (χ0n) is 20.8. The van der Waals surface area contributed by atoms with Gasteiger partial charge in [-0.1, -0.05) is 112 Å². The second kappa shape index (κ2) is 14.7. The fourth-order valence-electron chi connectivity index (χ4n) is 4.10. The standard InChI is InChI=1S/C29H39N3OS/c1-3-5-6-7-14-20-26(33)30-21-15-23-34-29-31-27(24-16-10-8-11-17-24)28(32(29)22-4-2)25-18-12-9-13-19-25/h8-13,16-19H,3-7,14-15,20-23H2,1-2H3,(H,30,33). The van der Waals surface area contributed by atoms with Crippen LogP contribution in [0, 0.1) is 0 Å². The van der Waals surface area contributed by atoms with Crippen LogP contribution in [0.3, 0.4) is 0 Å². The van der Waals surface area contributed by atoms with Gasteiger partial charge in [0.15, 0.2) is 5.16 Å². The van der Waals surface area contributed by atoms with Crippen molar-refractivity contribution in [3.05, 3.63) is 60.7 Å². The van der Waals surface area contributed by atoms with E-state index in [9.17, 15) is 4.79 Å². The molecule has 3 rings (SSSR count). The Morgan fingerprint density at radius 3 is 2.21 bits per heavy atom. The number of imidazole rings is 1. The van der Waals surface area contributed by atoms with Gasteiger partial charge >= 0.3 is 0 Å². The fraction of sp³-hybridized carbons (Fsp3) is 0.448. The maximum atomic E-state index is 12.1. The predicted molar refractivity (Wildman–Crippen MR) is 145 cm³/mol. The fourth-order valence-corrected chi connectivity index (χ4v) is 5.07. The maximum absolute atomic E-state index is 12.1. The van der Waals surface area contributed by atoms with Crippen LogP contribution in [-0.4, -0.2) is 27.8 Å². The Balaban J connectivity index is 1.63. The average Bonchev–Trinajstić information content (AvgIpc) is 3.23. The molecule has 182 valence electrons. The molecule has 2 aromatic carbocycles. The summed E-state index contributed by atoms with van der Waals surface area (Å²) in [6.45, 7) is 6.08. The number of unbranched alkanes of at least 4 members (excludes halogenated alkanes) is 4. The van der Waals surface area contributed by atoms with Crippen LogP contribution < -0.4 is 5.32 Å². The van der Waals surface area contributed by atoms with E-state index in [4.69, 9.17) is 4.98 Å². The highest BCUT2D eigenvalue weighted by Gasteiger charge is 2.19. The molecule has 4 nitrogen and oxygen atoms in total. The molecule has 5 heteroatoms. The van der Waals surface area contributed by atoms with E-state index in [1.54, 1.807) is 11.8 Å². The van der Waals surface area contributed by atoms with Gasteiger partial charge in [-0.2, -0.15) is 0 Å². The Kier molecular flexibility index (Phi) is 11.3. The van der Waals surface area contributed by atoms with Gasteiger partial charge in [0.1, 0.15) is 0 Å². The topological polar surface area (TPSA) is 46.9 Å². The van der Waals surface area contributed by atoms with Crippen molar-refractivity contribution in [3.8, 4) is 22.5 Å². The van der Waals surface area contributed by atoms with E-state index in [0.29, 0.717) is 6.42 Å². The number of thioether (sulfide) groups is 1. The monoisotopic (exact) mass is 477 g/mol. The minimum Gasteiger partial charge on any atom is -0.356 e. The summed E-state index contributed by atoms with van der Waals surface area (Å²) in [5, 5.41) is 4.15. The molecular formula is C29H39N3OS. The van der Waals surface area contributed by atoms with Gasteiger partial charge in [-0.3, -0.25) is 4.79 Å². The molecule has 0 fully saturated rings. The number of carbonyl (C=O) groups is 1. The van der Waals surface area contributed by atoms with E-state index in [-0.39, 0.29) is 5.91 Å². The second-order valence-corrected chi connectivity index (χ2v) is 9.75. The first kappa shape index (κ1) is 26.1. The van der Waals surface area contributed by atoms with Crippen LogP contribution in [-0.2, 0) is 11.3 Å². The first-order valence-corrected chi connectivity index (χ1v) is 13.8. The number of amides is 1. The molecule has 0 saturated carbocycles. The molecule has 0 radical (unpaired) electrons. The van der Waals surface area contributed by atoms with Crippen molar-refractivity contribution in [1.82, 2.24) is 14.9 Å². The van der Waals surface area contributed by atoms with Gasteiger partial charge < -0.3 is 9.88 Å². The summed E-state index contributed by atoms with van der Waals surface area (Å²) < 4.78 is 2.37. The van der Waals surface area contributed by atoms with Crippen molar-refractivity contribution >= 4 is 17.7 Å². The molecule has 0 saturated heterocycles. The van der Waals surface area contributed by atoms with Crippen molar-refractivity contribution in [1.29, 1.82) is 0 Å². The quantitative estimate of drug-likeness (QED) is 0.181. The number of hydrogen-bond acceptors (Lipinski definition) is 3. The highest BCUT2D eigenvalue weighted by atomic mass is 32.2. The van der Waals surface area contributed by atoms with E-state index < -0.39 is 0 Å². The lowest BCUT2D eigenvalue weighted by molar-refractivity contribution is -0.121. The Labute approximate surface area is 209 Å². The smallest absolute Gasteiger partial charge is 0.219 e. The number of nitrogens with zero attached hydrogens (tertiary/aromatic N) is 2. The van der Waals surface area contributed by atoms with E-state index >= 15 is 0 Å². The lowest BCUT2D eigenvalue weighted by Gasteiger charge is -2.12. The van der Waals surface area contributed by atoms with E-state index in [1.807, 2.05) is 6.07 Å². The van der Waals surface area contributed by atoms with Crippen LogP contribution in [0.5, 0.6) is 0 Å². The summed E-state index contributed by atoms with van der Waals surface area (Å²) >= 11 is 1.79. The van der Waals surface area contributed by atoms with Gasteiger partial charge in [0.25, 0.3) is 0 Å². The molecule has 34 heavy (non-hydrogen) atoms. The molecule has 3 aromatic rings. The van der Waals surface area contributed by atoms with E-state index in [2.05, 4.69) is 78.3 Å². The zero-order chi connectivity index (χ0) is 24.0. The van der Waals surface area contributed by atoms with Gasteiger partial charge in [-0.05, 0) is 19.3 Å². The largest absolute Gasteiger partial charge is 0.356 e. The van der Waals surface area contributed by atoms with Crippen LogP contribution in [0.15, 0.2) is 65.8 Å². The van der Waals surface area contributed by atoms with E-state index in [1.165, 1.54) is 30.5 Å². The van der Waals surface area contributed by atoms with Crippen molar-refractivity contribution in [2.45, 2.75) is 76.9 Å². The van der Waals surface area contributed by atoms with Gasteiger partial charge in [0.2, 0.25) is 5.91 Å². The lowest BCUT2D eigenvalue weighted by Crippen LogP contribution is -2.24. The molecule has 1 heterocycles. The molecule has 1 aromatic heterocycles. The summed E-state index contributed by atoms with van der Waals surface area (Å²) in [5.41, 5.74) is 4.57. The number of benzene rings is 2. The molecule has 1 amide bonds. The summed E-state index contributed by atoms with van der Waals surface area (Å²) in [5.74, 6) is 1.12. The molecule has 0 bridgehead atoms. The minimum absolute atomic E-state index is 0.187. The molecule has 0 aliphatic heterocycles. The number of aromatic nitrogens is 2. The highest BCUT2D eigenvalue weighted by molar-refractivity contribution is 7.99. The maximum Gasteiger partial charge on any atom is 0.219 e. The van der Waals surface area contributed by atoms with Gasteiger partial charge in [0, 0.05) is 36.4 Å². The normalized spacial score (nSPS) is 11.0. The van der Waals surface area contributed by atoms with Crippen LogP contribution >= 0.6 is 11.8 Å². The Bertz CT molecular complexity index is 985. The predicted octanol–water partition coefficient (Wildman–Crippen LogP) is 7.59.